The van der Waals surface area contributed by atoms with Gasteiger partial charge in [0.15, 0.2) is 9.84 Å². The maximum atomic E-state index is 12.5. The van der Waals surface area contributed by atoms with E-state index in [1.165, 1.54) is 0 Å². The van der Waals surface area contributed by atoms with Gasteiger partial charge in [-0.15, -0.1) is 0 Å². The van der Waals surface area contributed by atoms with Crippen LogP contribution in [-0.2, 0) is 19.4 Å². The number of morpholine rings is 1. The maximum absolute atomic E-state index is 12.5. The molecular formula is C14H26N2O4S. The van der Waals surface area contributed by atoms with Crippen molar-refractivity contribution in [3.63, 3.8) is 0 Å². The highest BCUT2D eigenvalue weighted by molar-refractivity contribution is 7.91. The summed E-state index contributed by atoms with van der Waals surface area (Å²) >= 11 is 0. The van der Waals surface area contributed by atoms with Crippen molar-refractivity contribution >= 4 is 15.7 Å². The van der Waals surface area contributed by atoms with Crippen LogP contribution in [0.1, 0.15) is 27.2 Å². The van der Waals surface area contributed by atoms with E-state index in [4.69, 9.17) is 4.74 Å². The van der Waals surface area contributed by atoms with Gasteiger partial charge in [-0.3, -0.25) is 9.69 Å². The van der Waals surface area contributed by atoms with Crippen molar-refractivity contribution in [2.24, 2.45) is 0 Å². The van der Waals surface area contributed by atoms with Gasteiger partial charge < -0.3 is 9.64 Å². The van der Waals surface area contributed by atoms with Gasteiger partial charge in [0.1, 0.15) is 0 Å². The van der Waals surface area contributed by atoms with Crippen molar-refractivity contribution < 1.29 is 17.9 Å². The van der Waals surface area contributed by atoms with Gasteiger partial charge in [0.05, 0.1) is 30.8 Å². The van der Waals surface area contributed by atoms with Crippen LogP contribution >= 0.6 is 0 Å². The molecule has 0 aliphatic carbocycles. The third-order valence-electron chi connectivity index (χ3n) is 4.39. The molecule has 0 aromatic carbocycles. The zero-order valence-electron chi connectivity index (χ0n) is 13.1. The lowest BCUT2D eigenvalue weighted by Crippen LogP contribution is -2.53. The summed E-state index contributed by atoms with van der Waals surface area (Å²) in [6.45, 7) is 8.26. The molecule has 7 heteroatoms. The summed E-state index contributed by atoms with van der Waals surface area (Å²) in [6.07, 6.45) is 0.702. The summed E-state index contributed by atoms with van der Waals surface area (Å²) < 4.78 is 28.8. The van der Waals surface area contributed by atoms with Crippen molar-refractivity contribution in [3.8, 4) is 0 Å². The minimum Gasteiger partial charge on any atom is -0.376 e. The first-order valence-electron chi connectivity index (χ1n) is 7.68. The highest BCUT2D eigenvalue weighted by Crippen LogP contribution is 2.19. The minimum atomic E-state index is -2.96. The highest BCUT2D eigenvalue weighted by atomic mass is 32.2. The van der Waals surface area contributed by atoms with E-state index in [1.54, 1.807) is 4.90 Å². The Morgan fingerprint density at radius 1 is 1.38 bits per heavy atom. The van der Waals surface area contributed by atoms with E-state index >= 15 is 0 Å². The van der Waals surface area contributed by atoms with Crippen molar-refractivity contribution in [3.05, 3.63) is 0 Å². The number of amides is 1. The first-order valence-corrected chi connectivity index (χ1v) is 9.50. The van der Waals surface area contributed by atoms with Gasteiger partial charge in [0, 0.05) is 25.2 Å². The van der Waals surface area contributed by atoms with Crippen LogP contribution in [0, 0.1) is 0 Å². The van der Waals surface area contributed by atoms with E-state index in [-0.39, 0.29) is 35.6 Å². The number of hydrogen-bond acceptors (Lipinski definition) is 5. The maximum Gasteiger partial charge on any atom is 0.237 e. The number of sulfone groups is 1. The smallest absolute Gasteiger partial charge is 0.237 e. The number of hydrogen-bond donors (Lipinski definition) is 0. The fraction of sp³-hybridized carbons (Fsp3) is 0.929. The second-order valence-corrected chi connectivity index (χ2v) is 8.39. The lowest BCUT2D eigenvalue weighted by Gasteiger charge is -2.38. The molecule has 122 valence electrons. The number of nitrogens with zero attached hydrogens (tertiary/aromatic N) is 2. The van der Waals surface area contributed by atoms with Crippen LogP contribution in [0.3, 0.4) is 0 Å². The lowest BCUT2D eigenvalue weighted by molar-refractivity contribution is -0.137. The first kappa shape index (κ1) is 16.7. The van der Waals surface area contributed by atoms with Crippen LogP contribution in [0.15, 0.2) is 0 Å². The zero-order valence-corrected chi connectivity index (χ0v) is 13.9. The predicted molar refractivity (Wildman–Crippen MR) is 80.9 cm³/mol. The van der Waals surface area contributed by atoms with Crippen molar-refractivity contribution in [1.82, 2.24) is 9.80 Å². The standard InChI is InChI=1S/C14H26N2O4S/c1-4-16(13-5-6-21(18,19)10-13)14(17)8-15-7-12(3)20-9-11(15)2/h11-13H,4-10H2,1-3H3. The Balaban J connectivity index is 1.97. The van der Waals surface area contributed by atoms with Gasteiger partial charge in [-0.1, -0.05) is 0 Å². The largest absolute Gasteiger partial charge is 0.376 e. The van der Waals surface area contributed by atoms with Gasteiger partial charge in [-0.05, 0) is 27.2 Å². The van der Waals surface area contributed by atoms with Gasteiger partial charge in [0.25, 0.3) is 0 Å². The molecule has 6 nitrogen and oxygen atoms in total. The Morgan fingerprint density at radius 3 is 2.67 bits per heavy atom. The molecule has 21 heavy (non-hydrogen) atoms. The fourth-order valence-corrected chi connectivity index (χ4v) is 4.85. The SMILES string of the molecule is CCN(C(=O)CN1CC(C)OCC1C)C1CCS(=O)(=O)C1. The Labute approximate surface area is 127 Å². The van der Waals surface area contributed by atoms with E-state index in [0.717, 1.165) is 6.54 Å². The molecule has 2 saturated heterocycles. The van der Waals surface area contributed by atoms with Crippen LogP contribution in [-0.4, -0.2) is 80.1 Å². The summed E-state index contributed by atoms with van der Waals surface area (Å²) in [6, 6.07) is 0.0671. The highest BCUT2D eigenvalue weighted by Gasteiger charge is 2.35. The average molecular weight is 318 g/mol. The molecule has 0 N–H and O–H groups in total. The molecule has 0 radical (unpaired) electrons. The third kappa shape index (κ3) is 4.17. The van der Waals surface area contributed by atoms with Crippen LogP contribution in [0.25, 0.3) is 0 Å². The molecule has 2 fully saturated rings. The van der Waals surface area contributed by atoms with Crippen molar-refractivity contribution in [1.29, 1.82) is 0 Å². The summed E-state index contributed by atoms with van der Waals surface area (Å²) in [5.41, 5.74) is 0. The average Bonchev–Trinajstić information content (AvgIpc) is 2.75. The minimum absolute atomic E-state index is 0.0283. The zero-order chi connectivity index (χ0) is 15.6. The monoisotopic (exact) mass is 318 g/mol. The molecule has 2 aliphatic heterocycles. The predicted octanol–water partition coefficient (Wildman–Crippen LogP) is 0.131. The Morgan fingerprint density at radius 2 is 2.10 bits per heavy atom. The summed E-state index contributed by atoms with van der Waals surface area (Å²) in [7, 11) is -2.96. The molecule has 3 unspecified atom stereocenters. The van der Waals surface area contributed by atoms with E-state index in [9.17, 15) is 13.2 Å². The number of rotatable bonds is 4. The van der Waals surface area contributed by atoms with Crippen LogP contribution in [0.4, 0.5) is 0 Å². The molecule has 2 rings (SSSR count). The van der Waals surface area contributed by atoms with Gasteiger partial charge in [-0.2, -0.15) is 0 Å². The summed E-state index contributed by atoms with van der Waals surface area (Å²) in [4.78, 5) is 16.4. The van der Waals surface area contributed by atoms with Gasteiger partial charge in [0.2, 0.25) is 5.91 Å². The molecule has 0 spiro atoms. The molecule has 0 aromatic rings. The topological polar surface area (TPSA) is 66.9 Å². The van der Waals surface area contributed by atoms with Crippen LogP contribution < -0.4 is 0 Å². The van der Waals surface area contributed by atoms with E-state index in [0.29, 0.717) is 26.1 Å². The van der Waals surface area contributed by atoms with Crippen molar-refractivity contribution in [2.75, 3.05) is 37.7 Å². The molecule has 2 aliphatic rings. The van der Waals surface area contributed by atoms with Crippen LogP contribution in [0.2, 0.25) is 0 Å². The van der Waals surface area contributed by atoms with E-state index in [1.807, 2.05) is 13.8 Å². The van der Waals surface area contributed by atoms with E-state index < -0.39 is 9.84 Å². The molecule has 0 bridgehead atoms. The third-order valence-corrected chi connectivity index (χ3v) is 6.14. The normalized spacial score (nSPS) is 33.0. The number of carbonyl (C=O) groups is 1. The fourth-order valence-electron chi connectivity index (χ4n) is 3.12. The second-order valence-electron chi connectivity index (χ2n) is 6.16. The number of likely N-dealkylation sites (N-methyl/N-ethyl adjacent to an activating group) is 1. The molecule has 1 amide bonds. The molecule has 2 heterocycles. The van der Waals surface area contributed by atoms with Gasteiger partial charge in [-0.25, -0.2) is 8.42 Å². The Bertz CT molecular complexity index is 479. The molecule has 0 aromatic heterocycles. The Kier molecular flexibility index (Phi) is 5.27. The number of carbonyl (C=O) groups excluding carboxylic acids is 1. The lowest BCUT2D eigenvalue weighted by atomic mass is 10.2. The second kappa shape index (κ2) is 6.62. The Hall–Kier alpha value is -0.660. The van der Waals surface area contributed by atoms with E-state index in [2.05, 4.69) is 11.8 Å². The number of ether oxygens (including phenoxy) is 1. The molecule has 3 atom stereocenters. The van der Waals surface area contributed by atoms with Crippen LogP contribution in [0.5, 0.6) is 0 Å². The quantitative estimate of drug-likeness (QED) is 0.737. The van der Waals surface area contributed by atoms with Crippen molar-refractivity contribution in [2.45, 2.75) is 45.4 Å². The van der Waals surface area contributed by atoms with Gasteiger partial charge >= 0.3 is 0 Å². The molecular weight excluding hydrogens is 292 g/mol. The first-order chi connectivity index (χ1) is 9.82. The summed E-state index contributed by atoms with van der Waals surface area (Å²) in [5.74, 6) is 0.342. The molecule has 0 saturated carbocycles. The summed E-state index contributed by atoms with van der Waals surface area (Å²) in [5, 5.41) is 0.